The van der Waals surface area contributed by atoms with Crippen molar-refractivity contribution in [2.24, 2.45) is 0 Å². The number of pyridine rings is 1. The molecule has 1 aliphatic rings. The Morgan fingerprint density at radius 1 is 1.43 bits per heavy atom. The molecule has 0 atom stereocenters. The van der Waals surface area contributed by atoms with Crippen LogP contribution in [-0.2, 0) is 6.54 Å². The molecule has 21 heavy (non-hydrogen) atoms. The summed E-state index contributed by atoms with van der Waals surface area (Å²) in [4.78, 5) is 4.23. The van der Waals surface area contributed by atoms with Gasteiger partial charge in [0.2, 0.25) is 5.88 Å². The van der Waals surface area contributed by atoms with Crippen LogP contribution in [0.5, 0.6) is 11.6 Å². The fourth-order valence-electron chi connectivity index (χ4n) is 1.88. The van der Waals surface area contributed by atoms with Crippen molar-refractivity contribution in [3.8, 4) is 11.6 Å². The summed E-state index contributed by atoms with van der Waals surface area (Å²) in [7, 11) is 0. The molecular formula is C15H13BrClFN2O. The van der Waals surface area contributed by atoms with E-state index in [1.807, 2.05) is 12.1 Å². The van der Waals surface area contributed by atoms with Crippen LogP contribution in [0.25, 0.3) is 0 Å². The molecule has 2 aromatic rings. The number of halogens is 3. The zero-order chi connectivity index (χ0) is 14.8. The SMILES string of the molecule is Fc1cc(Oc2ncccc2CNC2CC2)c(Br)cc1Cl. The molecule has 1 N–H and O–H groups in total. The third-order valence-electron chi connectivity index (χ3n) is 3.19. The van der Waals surface area contributed by atoms with Gasteiger partial charge in [-0.05, 0) is 40.9 Å². The third kappa shape index (κ3) is 3.73. The average molecular weight is 372 g/mol. The predicted octanol–water partition coefficient (Wildman–Crippen LogP) is 4.68. The van der Waals surface area contributed by atoms with Gasteiger partial charge in [0.05, 0.1) is 9.50 Å². The molecule has 0 aliphatic heterocycles. The molecule has 3 rings (SSSR count). The minimum atomic E-state index is -0.525. The van der Waals surface area contributed by atoms with Gasteiger partial charge in [-0.3, -0.25) is 0 Å². The minimum Gasteiger partial charge on any atom is -0.437 e. The highest BCUT2D eigenvalue weighted by atomic mass is 79.9. The summed E-state index contributed by atoms with van der Waals surface area (Å²) in [6, 6.07) is 7.11. The summed E-state index contributed by atoms with van der Waals surface area (Å²) in [6.07, 6.45) is 4.07. The molecule has 1 heterocycles. The second-order valence-corrected chi connectivity index (χ2v) is 6.18. The molecule has 0 amide bonds. The molecule has 1 aliphatic carbocycles. The van der Waals surface area contributed by atoms with E-state index in [9.17, 15) is 4.39 Å². The van der Waals surface area contributed by atoms with E-state index in [2.05, 4.69) is 26.2 Å². The molecule has 1 fully saturated rings. The van der Waals surface area contributed by atoms with Crippen molar-refractivity contribution in [3.63, 3.8) is 0 Å². The lowest BCUT2D eigenvalue weighted by Crippen LogP contribution is -2.16. The van der Waals surface area contributed by atoms with E-state index in [1.165, 1.54) is 25.0 Å². The van der Waals surface area contributed by atoms with Crippen LogP contribution < -0.4 is 10.1 Å². The Hall–Kier alpha value is -1.17. The lowest BCUT2D eigenvalue weighted by Gasteiger charge is -2.12. The lowest BCUT2D eigenvalue weighted by molar-refractivity contribution is 0.446. The van der Waals surface area contributed by atoms with Gasteiger partial charge in [0, 0.05) is 30.4 Å². The summed E-state index contributed by atoms with van der Waals surface area (Å²) >= 11 is 9.04. The molecular weight excluding hydrogens is 359 g/mol. The third-order valence-corrected chi connectivity index (χ3v) is 4.10. The molecule has 0 spiro atoms. The molecule has 1 aromatic carbocycles. The molecule has 0 saturated heterocycles. The molecule has 1 aromatic heterocycles. The van der Waals surface area contributed by atoms with Gasteiger partial charge in [-0.1, -0.05) is 17.7 Å². The van der Waals surface area contributed by atoms with E-state index in [-0.39, 0.29) is 5.02 Å². The Bertz CT molecular complexity index is 664. The molecule has 3 nitrogen and oxygen atoms in total. The average Bonchev–Trinajstić information content (AvgIpc) is 3.28. The minimum absolute atomic E-state index is 0.0471. The van der Waals surface area contributed by atoms with Crippen LogP contribution in [0, 0.1) is 5.82 Å². The van der Waals surface area contributed by atoms with Gasteiger partial charge < -0.3 is 10.1 Å². The summed E-state index contributed by atoms with van der Waals surface area (Å²) in [5.74, 6) is 0.291. The van der Waals surface area contributed by atoms with Gasteiger partial charge in [0.25, 0.3) is 0 Å². The van der Waals surface area contributed by atoms with Gasteiger partial charge >= 0.3 is 0 Å². The van der Waals surface area contributed by atoms with Gasteiger partial charge in [-0.15, -0.1) is 0 Å². The van der Waals surface area contributed by atoms with Gasteiger partial charge in [-0.2, -0.15) is 0 Å². The van der Waals surface area contributed by atoms with Crippen molar-refractivity contribution in [1.82, 2.24) is 10.3 Å². The Kier molecular flexibility index (Phi) is 4.42. The number of nitrogens with zero attached hydrogens (tertiary/aromatic N) is 1. The van der Waals surface area contributed by atoms with Crippen LogP contribution in [0.1, 0.15) is 18.4 Å². The number of benzene rings is 1. The van der Waals surface area contributed by atoms with Gasteiger partial charge in [0.15, 0.2) is 0 Å². The summed E-state index contributed by atoms with van der Waals surface area (Å²) in [5, 5.41) is 3.45. The maximum atomic E-state index is 13.6. The number of rotatable bonds is 5. The maximum absolute atomic E-state index is 13.6. The van der Waals surface area contributed by atoms with E-state index in [0.717, 1.165) is 5.56 Å². The zero-order valence-corrected chi connectivity index (χ0v) is 13.4. The molecule has 1 saturated carbocycles. The number of hydrogen-bond acceptors (Lipinski definition) is 3. The highest BCUT2D eigenvalue weighted by molar-refractivity contribution is 9.10. The zero-order valence-electron chi connectivity index (χ0n) is 11.1. The smallest absolute Gasteiger partial charge is 0.223 e. The quantitative estimate of drug-likeness (QED) is 0.775. The van der Waals surface area contributed by atoms with E-state index in [1.54, 1.807) is 6.20 Å². The summed E-state index contributed by atoms with van der Waals surface area (Å²) < 4.78 is 19.9. The number of hydrogen-bond donors (Lipinski definition) is 1. The fourth-order valence-corrected chi connectivity index (χ4v) is 2.60. The van der Waals surface area contributed by atoms with Crippen molar-refractivity contribution in [2.45, 2.75) is 25.4 Å². The Labute approximate surface area is 135 Å². The van der Waals surface area contributed by atoms with E-state index in [0.29, 0.717) is 28.7 Å². The highest BCUT2D eigenvalue weighted by Gasteiger charge is 2.21. The topological polar surface area (TPSA) is 34.1 Å². The maximum Gasteiger partial charge on any atom is 0.223 e. The summed E-state index contributed by atoms with van der Waals surface area (Å²) in [6.45, 7) is 0.682. The summed E-state index contributed by atoms with van der Waals surface area (Å²) in [5.41, 5.74) is 0.937. The van der Waals surface area contributed by atoms with Crippen LogP contribution in [-0.4, -0.2) is 11.0 Å². The van der Waals surface area contributed by atoms with Crippen LogP contribution in [0.4, 0.5) is 4.39 Å². The van der Waals surface area contributed by atoms with Crippen LogP contribution >= 0.6 is 27.5 Å². The Morgan fingerprint density at radius 3 is 3.00 bits per heavy atom. The molecule has 110 valence electrons. The van der Waals surface area contributed by atoms with Crippen molar-refractivity contribution in [2.75, 3.05) is 0 Å². The van der Waals surface area contributed by atoms with Gasteiger partial charge in [-0.25, -0.2) is 9.37 Å². The van der Waals surface area contributed by atoms with Crippen LogP contribution in [0.3, 0.4) is 0 Å². The molecule has 0 radical (unpaired) electrons. The van der Waals surface area contributed by atoms with E-state index < -0.39 is 5.82 Å². The number of nitrogens with one attached hydrogen (secondary N) is 1. The second-order valence-electron chi connectivity index (χ2n) is 4.92. The monoisotopic (exact) mass is 370 g/mol. The standard InChI is InChI=1S/C15H13BrClFN2O/c16-11-6-12(17)13(18)7-14(11)21-15-9(2-1-5-19-15)8-20-10-3-4-10/h1-2,5-7,10,20H,3-4,8H2. The Balaban J connectivity index is 1.82. The van der Waals surface area contributed by atoms with Crippen molar-refractivity contribution in [1.29, 1.82) is 0 Å². The van der Waals surface area contributed by atoms with Crippen molar-refractivity contribution < 1.29 is 9.13 Å². The van der Waals surface area contributed by atoms with Gasteiger partial charge in [0.1, 0.15) is 11.6 Å². The van der Waals surface area contributed by atoms with E-state index >= 15 is 0 Å². The molecule has 0 bridgehead atoms. The van der Waals surface area contributed by atoms with E-state index in [4.69, 9.17) is 16.3 Å². The molecule has 0 unspecified atom stereocenters. The normalized spacial score (nSPS) is 14.2. The number of aromatic nitrogens is 1. The van der Waals surface area contributed by atoms with Crippen LogP contribution in [0.15, 0.2) is 34.9 Å². The fraction of sp³-hybridized carbons (Fsp3) is 0.267. The lowest BCUT2D eigenvalue weighted by atomic mass is 10.2. The molecule has 6 heteroatoms. The Morgan fingerprint density at radius 2 is 2.24 bits per heavy atom. The van der Waals surface area contributed by atoms with Crippen molar-refractivity contribution in [3.05, 3.63) is 51.3 Å². The first-order valence-electron chi connectivity index (χ1n) is 6.63. The highest BCUT2D eigenvalue weighted by Crippen LogP contribution is 2.34. The van der Waals surface area contributed by atoms with Crippen LogP contribution in [0.2, 0.25) is 5.02 Å². The first kappa shape index (κ1) is 14.8. The second kappa shape index (κ2) is 6.30. The first-order valence-corrected chi connectivity index (χ1v) is 7.80. The predicted molar refractivity (Wildman–Crippen MR) is 83.3 cm³/mol. The number of ether oxygens (including phenoxy) is 1. The van der Waals surface area contributed by atoms with Crippen molar-refractivity contribution >= 4 is 27.5 Å². The first-order chi connectivity index (χ1) is 10.1. The largest absolute Gasteiger partial charge is 0.437 e.